The summed E-state index contributed by atoms with van der Waals surface area (Å²) in [5.74, 6) is -1.93. The van der Waals surface area contributed by atoms with E-state index in [1.807, 2.05) is 6.92 Å². The number of fused-ring (bicyclic) bond motifs is 5. The first-order valence-electron chi connectivity index (χ1n) is 14.5. The molecule has 2 bridgehead atoms. The minimum atomic E-state index is -5.03. The second-order valence-corrected chi connectivity index (χ2v) is 11.8. The molecule has 3 N–H and O–H groups in total. The number of piperazine rings is 1. The summed E-state index contributed by atoms with van der Waals surface area (Å²) in [5, 5.41) is 3.75. The van der Waals surface area contributed by atoms with Gasteiger partial charge in [-0.25, -0.2) is 13.8 Å². The van der Waals surface area contributed by atoms with E-state index in [1.54, 1.807) is 0 Å². The molecule has 43 heavy (non-hydrogen) atoms. The molecule has 1 aromatic carbocycles. The number of rotatable bonds is 4. The largest absolute Gasteiger partial charge is 0.472 e. The maximum Gasteiger partial charge on any atom is 0.417 e. The lowest BCUT2D eigenvalue weighted by atomic mass is 9.96. The first-order valence-corrected chi connectivity index (χ1v) is 14.5. The van der Waals surface area contributed by atoms with Crippen molar-refractivity contribution in [3.63, 3.8) is 0 Å². The number of hydrogen-bond acceptors (Lipinski definition) is 9. The highest BCUT2D eigenvalue weighted by Crippen LogP contribution is 2.47. The molecule has 7 rings (SSSR count). The van der Waals surface area contributed by atoms with Gasteiger partial charge in [-0.15, -0.1) is 0 Å². The highest BCUT2D eigenvalue weighted by atomic mass is 19.4. The molecule has 0 spiro atoms. The topological polar surface area (TPSA) is 108 Å². The van der Waals surface area contributed by atoms with Crippen LogP contribution in [0.5, 0.6) is 11.9 Å². The number of alkyl halides is 3. The SMILES string of the molecule is Cc1c(F)c(N)cc(-c2nc3c4c(nc(OCC5CCOCC5)nc4c2F)N2C[C@H]4CC[C@H](N4)[C@H]2[C@H](C)O3)c1C(F)(F)F. The number of nitrogens with one attached hydrogen (secondary N) is 1. The van der Waals surface area contributed by atoms with Crippen molar-refractivity contribution in [2.45, 2.75) is 69.9 Å². The van der Waals surface area contributed by atoms with Crippen LogP contribution in [0.25, 0.3) is 22.2 Å². The van der Waals surface area contributed by atoms with E-state index in [-0.39, 0.29) is 53.4 Å². The van der Waals surface area contributed by atoms with Crippen LogP contribution in [0.4, 0.5) is 33.5 Å². The Morgan fingerprint density at radius 3 is 2.60 bits per heavy atom. The number of aromatic nitrogens is 3. The Morgan fingerprint density at radius 1 is 1.09 bits per heavy atom. The first kappa shape index (κ1) is 28.3. The molecule has 14 heteroatoms. The van der Waals surface area contributed by atoms with E-state index < -0.39 is 52.0 Å². The van der Waals surface area contributed by atoms with Gasteiger partial charge in [0.15, 0.2) is 5.82 Å². The zero-order valence-electron chi connectivity index (χ0n) is 23.6. The van der Waals surface area contributed by atoms with Gasteiger partial charge in [0.05, 0.1) is 23.9 Å². The number of nitrogen functional groups attached to an aromatic ring is 1. The second kappa shape index (κ2) is 10.3. The van der Waals surface area contributed by atoms with Crippen LogP contribution < -0.4 is 25.4 Å². The van der Waals surface area contributed by atoms with Crippen LogP contribution in [0.1, 0.15) is 43.7 Å². The highest BCUT2D eigenvalue weighted by Gasteiger charge is 2.47. The molecule has 3 saturated heterocycles. The third-order valence-electron chi connectivity index (χ3n) is 9.08. The Morgan fingerprint density at radius 2 is 1.86 bits per heavy atom. The number of ether oxygens (including phenoxy) is 3. The minimum Gasteiger partial charge on any atom is -0.472 e. The molecule has 0 unspecified atom stereocenters. The van der Waals surface area contributed by atoms with Gasteiger partial charge < -0.3 is 30.2 Å². The van der Waals surface area contributed by atoms with E-state index in [4.69, 9.17) is 24.9 Å². The molecule has 0 amide bonds. The maximum absolute atomic E-state index is 16.6. The summed E-state index contributed by atoms with van der Waals surface area (Å²) in [6.07, 6.45) is -2.10. The van der Waals surface area contributed by atoms with Gasteiger partial charge in [0.2, 0.25) is 5.88 Å². The Balaban J connectivity index is 1.45. The molecule has 4 aliphatic heterocycles. The highest BCUT2D eigenvalue weighted by molar-refractivity contribution is 5.97. The van der Waals surface area contributed by atoms with E-state index >= 15 is 4.39 Å². The number of halogens is 5. The van der Waals surface area contributed by atoms with E-state index in [9.17, 15) is 17.6 Å². The van der Waals surface area contributed by atoms with Crippen molar-refractivity contribution >= 4 is 22.4 Å². The fourth-order valence-corrected chi connectivity index (χ4v) is 7.01. The normalized spacial score (nSPS) is 25.4. The van der Waals surface area contributed by atoms with Crippen molar-refractivity contribution < 1.29 is 36.2 Å². The number of hydrogen-bond donors (Lipinski definition) is 2. The average molecular weight is 607 g/mol. The van der Waals surface area contributed by atoms with Crippen LogP contribution in [0.2, 0.25) is 0 Å². The maximum atomic E-state index is 16.6. The summed E-state index contributed by atoms with van der Waals surface area (Å²) in [7, 11) is 0. The van der Waals surface area contributed by atoms with Crippen LogP contribution in [0.15, 0.2) is 6.07 Å². The number of pyridine rings is 1. The molecule has 6 heterocycles. The van der Waals surface area contributed by atoms with E-state index in [0.29, 0.717) is 25.6 Å². The third kappa shape index (κ3) is 4.69. The van der Waals surface area contributed by atoms with E-state index in [0.717, 1.165) is 38.7 Å². The summed E-state index contributed by atoms with van der Waals surface area (Å²) in [6.45, 7) is 4.84. The molecule has 230 valence electrons. The third-order valence-corrected chi connectivity index (χ3v) is 9.08. The number of nitrogens with two attached hydrogens (primary N) is 1. The van der Waals surface area contributed by atoms with E-state index in [2.05, 4.69) is 20.2 Å². The molecule has 3 fully saturated rings. The summed E-state index contributed by atoms with van der Waals surface area (Å²) in [6, 6.07) is 0.687. The molecule has 9 nitrogen and oxygen atoms in total. The minimum absolute atomic E-state index is 0.0559. The molecule has 0 saturated carbocycles. The van der Waals surface area contributed by atoms with Gasteiger partial charge in [-0.1, -0.05) is 0 Å². The van der Waals surface area contributed by atoms with Gasteiger partial charge >= 0.3 is 12.2 Å². The smallest absolute Gasteiger partial charge is 0.417 e. The van der Waals surface area contributed by atoms with Gasteiger partial charge in [-0.3, -0.25) is 0 Å². The Kier molecular flexibility index (Phi) is 6.76. The summed E-state index contributed by atoms with van der Waals surface area (Å²) >= 11 is 0. The average Bonchev–Trinajstić information content (AvgIpc) is 3.29. The van der Waals surface area contributed by atoms with Gasteiger partial charge in [0, 0.05) is 37.4 Å². The molecule has 4 atom stereocenters. The fraction of sp³-hybridized carbons (Fsp3) is 0.552. The van der Waals surface area contributed by atoms with Crippen molar-refractivity contribution in [1.82, 2.24) is 20.3 Å². The summed E-state index contributed by atoms with van der Waals surface area (Å²) in [5.41, 5.74) is 1.35. The quantitative estimate of drug-likeness (QED) is 0.321. The Bertz CT molecular complexity index is 1600. The van der Waals surface area contributed by atoms with Crippen LogP contribution in [-0.4, -0.2) is 65.5 Å². The molecular weight excluding hydrogens is 575 g/mol. The van der Waals surface area contributed by atoms with Gasteiger partial charge in [0.1, 0.15) is 34.3 Å². The second-order valence-electron chi connectivity index (χ2n) is 11.8. The lowest BCUT2D eigenvalue weighted by Gasteiger charge is -2.42. The number of nitrogens with zero attached hydrogens (tertiary/aromatic N) is 4. The van der Waals surface area contributed by atoms with Gasteiger partial charge in [-0.05, 0) is 57.1 Å². The molecule has 4 aliphatic rings. The van der Waals surface area contributed by atoms with Crippen LogP contribution in [0, 0.1) is 24.5 Å². The van der Waals surface area contributed by atoms with Crippen LogP contribution >= 0.6 is 0 Å². The van der Waals surface area contributed by atoms with Crippen molar-refractivity contribution in [2.24, 2.45) is 5.92 Å². The van der Waals surface area contributed by atoms with Crippen molar-refractivity contribution in [3.05, 3.63) is 28.8 Å². The van der Waals surface area contributed by atoms with Crippen LogP contribution in [0.3, 0.4) is 0 Å². The van der Waals surface area contributed by atoms with Crippen molar-refractivity contribution in [3.8, 4) is 23.1 Å². The monoisotopic (exact) mass is 606 g/mol. The lowest BCUT2D eigenvalue weighted by molar-refractivity contribution is -0.137. The van der Waals surface area contributed by atoms with Gasteiger partial charge in [-0.2, -0.15) is 23.1 Å². The summed E-state index contributed by atoms with van der Waals surface area (Å²) in [4.78, 5) is 15.5. The fourth-order valence-electron chi connectivity index (χ4n) is 7.01. The van der Waals surface area contributed by atoms with Crippen molar-refractivity contribution in [2.75, 3.05) is 37.0 Å². The predicted molar refractivity (Wildman–Crippen MR) is 147 cm³/mol. The zero-order chi connectivity index (χ0) is 30.2. The molecular formula is C29H31F5N6O3. The Labute approximate surface area is 243 Å². The first-order chi connectivity index (χ1) is 20.5. The predicted octanol–water partition coefficient (Wildman–Crippen LogP) is 4.77. The molecule has 0 aliphatic carbocycles. The standard InChI is InChI=1S/C29H31F5N6O3/c1-12-20(29(32,33)34)16(9-17(35)21(12)30)23-22(31)24-19-26(39-28(38-24)42-11-14-5-7-41-8-6-14)40-10-15-3-4-18(36-15)25(40)13(2)43-27(19)37-23/h9,13-15,18,25,36H,3-8,10-11,35H2,1-2H3/t13-,15+,18-,25+/m0/s1. The van der Waals surface area contributed by atoms with Gasteiger partial charge in [0.25, 0.3) is 0 Å². The molecule has 0 radical (unpaired) electrons. The summed E-state index contributed by atoms with van der Waals surface area (Å²) < 4.78 is 91.8. The molecule has 2 aromatic heterocycles. The zero-order valence-corrected chi connectivity index (χ0v) is 23.6. The number of anilines is 2. The number of benzene rings is 1. The molecule has 3 aromatic rings. The van der Waals surface area contributed by atoms with E-state index in [1.165, 1.54) is 0 Å². The lowest BCUT2D eigenvalue weighted by Crippen LogP contribution is -2.62. The Hall–Kier alpha value is -3.52. The van der Waals surface area contributed by atoms with Crippen LogP contribution in [-0.2, 0) is 10.9 Å². The van der Waals surface area contributed by atoms with Crippen molar-refractivity contribution in [1.29, 1.82) is 0 Å².